The van der Waals surface area contributed by atoms with Crippen LogP contribution in [0.1, 0.15) is 16.7 Å². The Morgan fingerprint density at radius 1 is 0.871 bits per heavy atom. The molecule has 3 aromatic rings. The van der Waals surface area contributed by atoms with E-state index in [0.717, 1.165) is 4.90 Å². The number of imide groups is 1. The molecule has 1 saturated heterocycles. The molecule has 3 amide bonds. The lowest BCUT2D eigenvalue weighted by molar-refractivity contribution is -0.123. The molecule has 1 aliphatic rings. The summed E-state index contributed by atoms with van der Waals surface area (Å²) in [7, 11) is 0. The van der Waals surface area contributed by atoms with Gasteiger partial charge in [0.25, 0.3) is 5.91 Å². The standard InChI is InChI=1S/C24H18F2N2O3/c25-19-10-8-16(9-11-19)14-28-23(29)21(27-24(28)30)13-18-5-1-2-7-22(18)31-15-17-4-3-6-20(26)12-17/h1-13H,14-15H2,(H,27,30)/b21-13+. The summed E-state index contributed by atoms with van der Waals surface area (Å²) >= 11 is 0. The van der Waals surface area contributed by atoms with E-state index in [1.165, 1.54) is 42.5 Å². The molecule has 0 atom stereocenters. The molecule has 0 saturated carbocycles. The van der Waals surface area contributed by atoms with Gasteiger partial charge in [-0.1, -0.05) is 42.5 Å². The number of hydrogen-bond acceptors (Lipinski definition) is 3. The zero-order chi connectivity index (χ0) is 21.8. The van der Waals surface area contributed by atoms with Crippen molar-refractivity contribution >= 4 is 18.0 Å². The van der Waals surface area contributed by atoms with Gasteiger partial charge in [-0.15, -0.1) is 0 Å². The smallest absolute Gasteiger partial charge is 0.329 e. The second-order valence-electron chi connectivity index (χ2n) is 6.96. The maximum Gasteiger partial charge on any atom is 0.329 e. The highest BCUT2D eigenvalue weighted by Crippen LogP contribution is 2.24. The van der Waals surface area contributed by atoms with Crippen LogP contribution in [0.3, 0.4) is 0 Å². The molecule has 4 rings (SSSR count). The zero-order valence-corrected chi connectivity index (χ0v) is 16.3. The number of nitrogens with zero attached hydrogens (tertiary/aromatic N) is 1. The molecule has 31 heavy (non-hydrogen) atoms. The highest BCUT2D eigenvalue weighted by molar-refractivity contribution is 6.14. The highest BCUT2D eigenvalue weighted by atomic mass is 19.1. The molecule has 0 spiro atoms. The van der Waals surface area contributed by atoms with Gasteiger partial charge in [-0.2, -0.15) is 0 Å². The van der Waals surface area contributed by atoms with Crippen LogP contribution in [-0.4, -0.2) is 16.8 Å². The third-order valence-corrected chi connectivity index (χ3v) is 4.72. The number of urea groups is 1. The van der Waals surface area contributed by atoms with E-state index in [2.05, 4.69) is 5.32 Å². The van der Waals surface area contributed by atoms with Gasteiger partial charge in [0.15, 0.2) is 0 Å². The average molecular weight is 420 g/mol. The second-order valence-corrected chi connectivity index (χ2v) is 6.96. The average Bonchev–Trinajstić information content (AvgIpc) is 3.02. The fourth-order valence-corrected chi connectivity index (χ4v) is 3.16. The van der Waals surface area contributed by atoms with Crippen molar-refractivity contribution < 1.29 is 23.1 Å². The third-order valence-electron chi connectivity index (χ3n) is 4.72. The second kappa shape index (κ2) is 8.79. The van der Waals surface area contributed by atoms with Crippen LogP contribution in [0.25, 0.3) is 6.08 Å². The highest BCUT2D eigenvalue weighted by Gasteiger charge is 2.33. The lowest BCUT2D eigenvalue weighted by Gasteiger charge is -2.12. The summed E-state index contributed by atoms with van der Waals surface area (Å²) in [4.78, 5) is 26.1. The van der Waals surface area contributed by atoms with E-state index < -0.39 is 17.8 Å². The van der Waals surface area contributed by atoms with Crippen molar-refractivity contribution in [2.45, 2.75) is 13.2 Å². The normalized spacial score (nSPS) is 14.8. The largest absolute Gasteiger partial charge is 0.488 e. The van der Waals surface area contributed by atoms with E-state index >= 15 is 0 Å². The molecule has 5 nitrogen and oxygen atoms in total. The summed E-state index contributed by atoms with van der Waals surface area (Å²) in [6.07, 6.45) is 1.53. The molecule has 1 fully saturated rings. The lowest BCUT2D eigenvalue weighted by Crippen LogP contribution is -2.30. The van der Waals surface area contributed by atoms with Gasteiger partial charge in [-0.25, -0.2) is 13.6 Å². The van der Waals surface area contributed by atoms with Crippen LogP contribution in [-0.2, 0) is 17.9 Å². The Morgan fingerprint density at radius 3 is 2.42 bits per heavy atom. The quantitative estimate of drug-likeness (QED) is 0.467. The molecule has 0 aliphatic carbocycles. The minimum Gasteiger partial charge on any atom is -0.488 e. The number of carbonyl (C=O) groups is 2. The van der Waals surface area contributed by atoms with Gasteiger partial charge < -0.3 is 10.1 Å². The van der Waals surface area contributed by atoms with Gasteiger partial charge in [0, 0.05) is 5.56 Å². The van der Waals surface area contributed by atoms with E-state index in [9.17, 15) is 18.4 Å². The van der Waals surface area contributed by atoms with E-state index in [1.54, 1.807) is 36.4 Å². The first-order valence-corrected chi connectivity index (χ1v) is 9.55. The van der Waals surface area contributed by atoms with Crippen molar-refractivity contribution in [1.29, 1.82) is 0 Å². The van der Waals surface area contributed by atoms with Crippen molar-refractivity contribution in [3.63, 3.8) is 0 Å². The summed E-state index contributed by atoms with van der Waals surface area (Å²) in [6.45, 7) is 0.176. The molecule has 0 aromatic heterocycles. The number of nitrogens with one attached hydrogen (secondary N) is 1. The Labute approximate surface area is 177 Å². The van der Waals surface area contributed by atoms with Crippen molar-refractivity contribution in [2.75, 3.05) is 0 Å². The molecule has 0 bridgehead atoms. The fourth-order valence-electron chi connectivity index (χ4n) is 3.16. The predicted molar refractivity (Wildman–Crippen MR) is 111 cm³/mol. The maximum atomic E-state index is 13.4. The van der Waals surface area contributed by atoms with Gasteiger partial charge in [0.1, 0.15) is 29.7 Å². The Morgan fingerprint density at radius 2 is 1.65 bits per heavy atom. The third kappa shape index (κ3) is 4.78. The summed E-state index contributed by atoms with van der Waals surface area (Å²) < 4.78 is 32.3. The number of ether oxygens (including phenoxy) is 1. The SMILES string of the molecule is O=C1N/C(=C/c2ccccc2OCc2cccc(F)c2)C(=O)N1Cc1ccc(F)cc1. The molecular weight excluding hydrogens is 402 g/mol. The van der Waals surface area contributed by atoms with Gasteiger partial charge in [0.05, 0.1) is 6.54 Å². The lowest BCUT2D eigenvalue weighted by atomic mass is 10.1. The number of carbonyl (C=O) groups excluding carboxylic acids is 2. The minimum atomic E-state index is -0.557. The molecule has 0 radical (unpaired) electrons. The molecule has 1 aliphatic heterocycles. The van der Waals surface area contributed by atoms with Crippen molar-refractivity contribution in [3.8, 4) is 5.75 Å². The number of hydrogen-bond donors (Lipinski definition) is 1. The van der Waals surface area contributed by atoms with Gasteiger partial charge in [0.2, 0.25) is 0 Å². The van der Waals surface area contributed by atoms with Gasteiger partial charge in [-0.05, 0) is 47.5 Å². The first-order valence-electron chi connectivity index (χ1n) is 9.55. The van der Waals surface area contributed by atoms with E-state index in [1.807, 2.05) is 0 Å². The van der Waals surface area contributed by atoms with Crippen molar-refractivity contribution in [2.24, 2.45) is 0 Å². The Bertz CT molecular complexity index is 1160. The van der Waals surface area contributed by atoms with Gasteiger partial charge >= 0.3 is 6.03 Å². The topological polar surface area (TPSA) is 58.6 Å². The number of benzene rings is 3. The van der Waals surface area contributed by atoms with Crippen LogP contribution in [0.15, 0.2) is 78.5 Å². The minimum absolute atomic E-state index is 0.0278. The van der Waals surface area contributed by atoms with E-state index in [4.69, 9.17) is 4.74 Å². The van der Waals surface area contributed by atoms with E-state index in [0.29, 0.717) is 22.4 Å². The number of halogens is 2. The molecule has 7 heteroatoms. The predicted octanol–water partition coefficient (Wildman–Crippen LogP) is 4.64. The van der Waals surface area contributed by atoms with Crippen LogP contribution in [0.4, 0.5) is 13.6 Å². The van der Waals surface area contributed by atoms with Crippen LogP contribution >= 0.6 is 0 Å². The molecule has 1 N–H and O–H groups in total. The summed E-state index contributed by atoms with van der Waals surface area (Å²) in [5.74, 6) is -0.749. The number of rotatable bonds is 6. The van der Waals surface area contributed by atoms with Gasteiger partial charge in [-0.3, -0.25) is 9.69 Å². The molecule has 3 aromatic carbocycles. The maximum absolute atomic E-state index is 13.4. The molecular formula is C24H18F2N2O3. The van der Waals surface area contributed by atoms with E-state index in [-0.39, 0.29) is 24.7 Å². The summed E-state index contributed by atoms with van der Waals surface area (Å²) in [6, 6.07) is 18.1. The first kappa shape index (κ1) is 20.3. The van der Waals surface area contributed by atoms with Crippen molar-refractivity contribution in [1.82, 2.24) is 10.2 Å². The summed E-state index contributed by atoms with van der Waals surface area (Å²) in [5, 5.41) is 2.56. The summed E-state index contributed by atoms with van der Waals surface area (Å²) in [5.41, 5.74) is 1.99. The first-order chi connectivity index (χ1) is 15.0. The molecule has 0 unspecified atom stereocenters. The van der Waals surface area contributed by atoms with Crippen LogP contribution in [0.2, 0.25) is 0 Å². The Kier molecular flexibility index (Phi) is 5.75. The van der Waals surface area contributed by atoms with Crippen LogP contribution < -0.4 is 10.1 Å². The Balaban J connectivity index is 1.51. The fraction of sp³-hybridized carbons (Fsp3) is 0.0833. The van der Waals surface area contributed by atoms with Crippen LogP contribution in [0, 0.1) is 11.6 Å². The van der Waals surface area contributed by atoms with Crippen LogP contribution in [0.5, 0.6) is 5.75 Å². The number of para-hydroxylation sites is 1. The monoisotopic (exact) mass is 420 g/mol. The molecule has 156 valence electrons. The Hall–Kier alpha value is -4.00. The molecule has 1 heterocycles. The number of amides is 3. The van der Waals surface area contributed by atoms with Crippen molar-refractivity contribution in [3.05, 3.63) is 107 Å². The zero-order valence-electron chi connectivity index (χ0n) is 16.3.